The van der Waals surface area contributed by atoms with Crippen LogP contribution >= 0.6 is 0 Å². The number of unbranched alkanes of at least 4 members (excludes halogenated alkanes) is 1. The predicted octanol–water partition coefficient (Wildman–Crippen LogP) is 0.777. The van der Waals surface area contributed by atoms with Crippen molar-refractivity contribution in [2.75, 3.05) is 13.2 Å². The van der Waals surface area contributed by atoms with Crippen molar-refractivity contribution in [3.8, 4) is 0 Å². The highest BCUT2D eigenvalue weighted by atomic mass is 16.3. The standard InChI is InChI=1S/C4H10O2.C2H6/c5-3-1-2-4-6;1-2/h5-6H,1-4H2;1-2H3. The van der Waals surface area contributed by atoms with Crippen molar-refractivity contribution in [1.82, 2.24) is 0 Å². The molecule has 0 rings (SSSR count). The van der Waals surface area contributed by atoms with Crippen LogP contribution < -0.4 is 0 Å². The van der Waals surface area contributed by atoms with E-state index in [2.05, 4.69) is 0 Å². The number of aliphatic hydroxyl groups excluding tert-OH is 2. The minimum atomic E-state index is 0.195. The van der Waals surface area contributed by atoms with Crippen molar-refractivity contribution in [3.05, 3.63) is 0 Å². The molecule has 0 aliphatic carbocycles. The molecule has 0 aliphatic heterocycles. The predicted molar refractivity (Wildman–Crippen MR) is 34.8 cm³/mol. The first-order valence-electron chi connectivity index (χ1n) is 3.13. The fraction of sp³-hybridized carbons (Fsp3) is 1.00. The molecule has 0 radical (unpaired) electrons. The van der Waals surface area contributed by atoms with Gasteiger partial charge in [-0.2, -0.15) is 0 Å². The first-order valence-corrected chi connectivity index (χ1v) is 3.13. The molecule has 0 aromatic heterocycles. The van der Waals surface area contributed by atoms with E-state index < -0.39 is 0 Å². The van der Waals surface area contributed by atoms with Crippen LogP contribution in [0, 0.1) is 0 Å². The van der Waals surface area contributed by atoms with Gasteiger partial charge in [-0.05, 0) is 12.8 Å². The third-order valence-electron chi connectivity index (χ3n) is 0.566. The van der Waals surface area contributed by atoms with E-state index in [9.17, 15) is 0 Å². The normalized spacial score (nSPS) is 7.50. The lowest BCUT2D eigenvalue weighted by Gasteiger charge is -1.85. The molecule has 2 N–H and O–H groups in total. The van der Waals surface area contributed by atoms with E-state index in [0.29, 0.717) is 0 Å². The van der Waals surface area contributed by atoms with Crippen molar-refractivity contribution in [3.63, 3.8) is 0 Å². The second-order valence-electron chi connectivity index (χ2n) is 1.15. The van der Waals surface area contributed by atoms with Gasteiger partial charge in [0.05, 0.1) is 0 Å². The summed E-state index contributed by atoms with van der Waals surface area (Å²) in [5.41, 5.74) is 0. The summed E-state index contributed by atoms with van der Waals surface area (Å²) in [7, 11) is 0. The number of aliphatic hydroxyl groups is 2. The fourth-order valence-corrected chi connectivity index (χ4v) is 0.224. The summed E-state index contributed by atoms with van der Waals surface area (Å²) in [4.78, 5) is 0. The van der Waals surface area contributed by atoms with Gasteiger partial charge in [-0.3, -0.25) is 0 Å². The van der Waals surface area contributed by atoms with E-state index in [4.69, 9.17) is 10.2 Å². The Hall–Kier alpha value is -0.0800. The Balaban J connectivity index is 0. The molecule has 0 atom stereocenters. The average Bonchev–Trinajstić information content (AvgIpc) is 1.88. The fourth-order valence-electron chi connectivity index (χ4n) is 0.224. The molecule has 0 heterocycles. The zero-order valence-electron chi connectivity index (χ0n) is 5.72. The van der Waals surface area contributed by atoms with Gasteiger partial charge in [0.1, 0.15) is 0 Å². The van der Waals surface area contributed by atoms with Gasteiger partial charge >= 0.3 is 0 Å². The zero-order chi connectivity index (χ0) is 6.83. The van der Waals surface area contributed by atoms with Gasteiger partial charge in [0.15, 0.2) is 0 Å². The molecule has 2 heteroatoms. The van der Waals surface area contributed by atoms with Gasteiger partial charge in [0.25, 0.3) is 0 Å². The molecule has 0 unspecified atom stereocenters. The molecule has 0 saturated heterocycles. The molecule has 0 aromatic carbocycles. The zero-order valence-corrected chi connectivity index (χ0v) is 5.72. The largest absolute Gasteiger partial charge is 0.396 e. The summed E-state index contributed by atoms with van der Waals surface area (Å²) in [6.07, 6.45) is 1.44. The third kappa shape index (κ3) is 16.8. The Labute approximate surface area is 51.2 Å². The maximum atomic E-state index is 8.09. The molecule has 0 aromatic rings. The van der Waals surface area contributed by atoms with Crippen LogP contribution in [0.5, 0.6) is 0 Å². The smallest absolute Gasteiger partial charge is 0.0431 e. The summed E-state index contributed by atoms with van der Waals surface area (Å²) in [6, 6.07) is 0. The highest BCUT2D eigenvalue weighted by Crippen LogP contribution is 1.80. The SMILES string of the molecule is CC.OCCCCO. The molecule has 52 valence electrons. The van der Waals surface area contributed by atoms with Gasteiger partial charge in [-0.1, -0.05) is 13.8 Å². The van der Waals surface area contributed by atoms with Crippen LogP contribution in [0.1, 0.15) is 26.7 Å². The van der Waals surface area contributed by atoms with E-state index in [-0.39, 0.29) is 13.2 Å². The molecule has 2 nitrogen and oxygen atoms in total. The monoisotopic (exact) mass is 120 g/mol. The third-order valence-corrected chi connectivity index (χ3v) is 0.566. The van der Waals surface area contributed by atoms with Crippen molar-refractivity contribution in [2.24, 2.45) is 0 Å². The van der Waals surface area contributed by atoms with Crippen molar-refractivity contribution >= 4 is 0 Å². The maximum Gasteiger partial charge on any atom is 0.0431 e. The summed E-state index contributed by atoms with van der Waals surface area (Å²) in [6.45, 7) is 4.39. The number of hydrogen-bond acceptors (Lipinski definition) is 2. The maximum absolute atomic E-state index is 8.09. The van der Waals surface area contributed by atoms with Crippen LogP contribution in [0.2, 0.25) is 0 Å². The van der Waals surface area contributed by atoms with Crippen LogP contribution in [0.25, 0.3) is 0 Å². The molecule has 0 spiro atoms. The average molecular weight is 120 g/mol. The summed E-state index contributed by atoms with van der Waals surface area (Å²) >= 11 is 0. The topological polar surface area (TPSA) is 40.5 Å². The Morgan fingerprint density at radius 2 is 1.12 bits per heavy atom. The second-order valence-corrected chi connectivity index (χ2v) is 1.15. The second kappa shape index (κ2) is 15.8. The quantitative estimate of drug-likeness (QED) is 0.540. The molecule has 0 aliphatic rings. The van der Waals surface area contributed by atoms with E-state index in [0.717, 1.165) is 12.8 Å². The molecule has 8 heavy (non-hydrogen) atoms. The lowest BCUT2D eigenvalue weighted by molar-refractivity contribution is 0.242. The first-order chi connectivity index (χ1) is 3.91. The molecule has 0 fully saturated rings. The summed E-state index contributed by atoms with van der Waals surface area (Å²) < 4.78 is 0. The van der Waals surface area contributed by atoms with E-state index >= 15 is 0 Å². The highest BCUT2D eigenvalue weighted by Gasteiger charge is 1.77. The van der Waals surface area contributed by atoms with E-state index in [1.54, 1.807) is 0 Å². The molecule has 0 saturated carbocycles. The Kier molecular flexibility index (Phi) is 21.3. The first kappa shape index (κ1) is 10.8. The van der Waals surface area contributed by atoms with Crippen LogP contribution in [-0.4, -0.2) is 23.4 Å². The van der Waals surface area contributed by atoms with Gasteiger partial charge in [-0.25, -0.2) is 0 Å². The molecular weight excluding hydrogens is 104 g/mol. The van der Waals surface area contributed by atoms with Crippen molar-refractivity contribution in [1.29, 1.82) is 0 Å². The highest BCUT2D eigenvalue weighted by molar-refractivity contribution is 4.30. The summed E-state index contributed by atoms with van der Waals surface area (Å²) in [5.74, 6) is 0. The lowest BCUT2D eigenvalue weighted by Crippen LogP contribution is -1.85. The van der Waals surface area contributed by atoms with E-state index in [1.807, 2.05) is 13.8 Å². The van der Waals surface area contributed by atoms with Crippen molar-refractivity contribution < 1.29 is 10.2 Å². The van der Waals surface area contributed by atoms with Crippen LogP contribution in [0.15, 0.2) is 0 Å². The Morgan fingerprint density at radius 3 is 1.25 bits per heavy atom. The summed E-state index contributed by atoms with van der Waals surface area (Å²) in [5, 5.41) is 16.2. The number of hydrogen-bond donors (Lipinski definition) is 2. The molecule has 0 amide bonds. The minimum Gasteiger partial charge on any atom is -0.396 e. The van der Waals surface area contributed by atoms with Gasteiger partial charge in [-0.15, -0.1) is 0 Å². The van der Waals surface area contributed by atoms with Crippen LogP contribution in [0.4, 0.5) is 0 Å². The van der Waals surface area contributed by atoms with Gasteiger partial charge < -0.3 is 10.2 Å². The minimum absolute atomic E-state index is 0.195. The molecular formula is C6H16O2. The van der Waals surface area contributed by atoms with Crippen LogP contribution in [-0.2, 0) is 0 Å². The van der Waals surface area contributed by atoms with Gasteiger partial charge in [0, 0.05) is 13.2 Å². The lowest BCUT2D eigenvalue weighted by atomic mass is 10.3. The van der Waals surface area contributed by atoms with Crippen molar-refractivity contribution in [2.45, 2.75) is 26.7 Å². The van der Waals surface area contributed by atoms with Crippen LogP contribution in [0.3, 0.4) is 0 Å². The van der Waals surface area contributed by atoms with Gasteiger partial charge in [0.2, 0.25) is 0 Å². The molecule has 0 bridgehead atoms. The Morgan fingerprint density at radius 1 is 0.875 bits per heavy atom. The number of rotatable bonds is 3. The van der Waals surface area contributed by atoms with E-state index in [1.165, 1.54) is 0 Å². The Bertz CT molecular complexity index is 18.5.